The van der Waals surface area contributed by atoms with Crippen LogP contribution in [0.25, 0.3) is 21.8 Å². The van der Waals surface area contributed by atoms with Crippen LogP contribution >= 0.6 is 0 Å². The van der Waals surface area contributed by atoms with E-state index in [0.29, 0.717) is 5.92 Å². The summed E-state index contributed by atoms with van der Waals surface area (Å²) in [6.07, 6.45) is 1.74. The van der Waals surface area contributed by atoms with Crippen molar-refractivity contribution in [1.82, 2.24) is 14.9 Å². The summed E-state index contributed by atoms with van der Waals surface area (Å²) in [7, 11) is -0.398. The second kappa shape index (κ2) is 7.23. The SMILES string of the molecule is CC(C)(C)OC(=O)N1C(c2nc3ccc4cc(B5OC(C)(C)C(C)(C)O5)ccc4c3[nH]2)CC2CC21. The van der Waals surface area contributed by atoms with E-state index in [9.17, 15) is 4.79 Å². The van der Waals surface area contributed by atoms with Crippen molar-refractivity contribution in [3.63, 3.8) is 0 Å². The minimum Gasteiger partial charge on any atom is -0.444 e. The molecule has 3 fully saturated rings. The van der Waals surface area contributed by atoms with Gasteiger partial charge in [-0.3, -0.25) is 4.90 Å². The molecule has 0 spiro atoms. The van der Waals surface area contributed by atoms with Gasteiger partial charge < -0.3 is 19.0 Å². The minimum absolute atomic E-state index is 0.0833. The van der Waals surface area contributed by atoms with Gasteiger partial charge in [0.05, 0.1) is 28.3 Å². The molecule has 2 aromatic carbocycles. The highest BCUT2D eigenvalue weighted by molar-refractivity contribution is 6.62. The van der Waals surface area contributed by atoms with E-state index in [4.69, 9.17) is 19.0 Å². The van der Waals surface area contributed by atoms with Gasteiger partial charge in [-0.15, -0.1) is 0 Å². The number of aromatic nitrogens is 2. The first-order valence-corrected chi connectivity index (χ1v) is 12.6. The number of carbonyl (C=O) groups excluding carboxylic acids is 1. The first-order chi connectivity index (χ1) is 16.3. The number of benzene rings is 2. The number of amides is 1. The number of imidazole rings is 1. The van der Waals surface area contributed by atoms with Gasteiger partial charge in [-0.1, -0.05) is 24.3 Å². The van der Waals surface area contributed by atoms with Crippen LogP contribution < -0.4 is 5.46 Å². The third-order valence-electron chi connectivity index (χ3n) is 8.07. The zero-order valence-corrected chi connectivity index (χ0v) is 21.6. The molecule has 3 aliphatic rings. The molecule has 3 atom stereocenters. The van der Waals surface area contributed by atoms with Crippen LogP contribution in [-0.4, -0.2) is 50.9 Å². The summed E-state index contributed by atoms with van der Waals surface area (Å²) in [5.74, 6) is 1.38. The van der Waals surface area contributed by atoms with E-state index in [2.05, 4.69) is 56.9 Å². The van der Waals surface area contributed by atoms with E-state index in [1.807, 2.05) is 31.7 Å². The maximum Gasteiger partial charge on any atom is 0.494 e. The summed E-state index contributed by atoms with van der Waals surface area (Å²) < 4.78 is 18.2. The van der Waals surface area contributed by atoms with Gasteiger partial charge in [0, 0.05) is 11.4 Å². The number of hydrogen-bond acceptors (Lipinski definition) is 5. The number of carbonyl (C=O) groups is 1. The lowest BCUT2D eigenvalue weighted by Crippen LogP contribution is -2.41. The Kier molecular flexibility index (Phi) is 4.72. The number of likely N-dealkylation sites (tertiary alicyclic amines) is 1. The van der Waals surface area contributed by atoms with Gasteiger partial charge in [0.15, 0.2) is 0 Å². The van der Waals surface area contributed by atoms with Crippen molar-refractivity contribution in [2.24, 2.45) is 5.92 Å². The average molecular weight is 475 g/mol. The van der Waals surface area contributed by atoms with Gasteiger partial charge in [0.2, 0.25) is 0 Å². The largest absolute Gasteiger partial charge is 0.494 e. The van der Waals surface area contributed by atoms with E-state index in [-0.39, 0.29) is 29.4 Å². The maximum atomic E-state index is 13.0. The molecule has 0 bridgehead atoms. The van der Waals surface area contributed by atoms with Crippen molar-refractivity contribution in [1.29, 1.82) is 0 Å². The molecule has 3 unspecified atom stereocenters. The van der Waals surface area contributed by atoms with Gasteiger partial charge in [0.1, 0.15) is 11.4 Å². The quantitative estimate of drug-likeness (QED) is 0.523. The topological polar surface area (TPSA) is 76.7 Å². The molecule has 0 radical (unpaired) electrons. The van der Waals surface area contributed by atoms with Crippen LogP contribution in [-0.2, 0) is 14.0 Å². The summed E-state index contributed by atoms with van der Waals surface area (Å²) >= 11 is 0. The molecule has 1 amide bonds. The van der Waals surface area contributed by atoms with Crippen LogP contribution in [0.4, 0.5) is 4.79 Å². The van der Waals surface area contributed by atoms with Crippen molar-refractivity contribution in [2.75, 3.05) is 0 Å². The number of piperidine rings is 1. The zero-order chi connectivity index (χ0) is 24.9. The molecule has 2 saturated heterocycles. The highest BCUT2D eigenvalue weighted by Crippen LogP contribution is 2.53. The molecule has 8 heteroatoms. The fraction of sp³-hybridized carbons (Fsp3) is 0.556. The number of hydrogen-bond donors (Lipinski definition) is 1. The number of nitrogens with zero attached hydrogens (tertiary/aromatic N) is 2. The van der Waals surface area contributed by atoms with Crippen LogP contribution in [0.1, 0.15) is 73.2 Å². The number of H-pyrrole nitrogens is 1. The number of ether oxygens (including phenoxy) is 1. The Morgan fingerprint density at radius 1 is 1.11 bits per heavy atom. The van der Waals surface area contributed by atoms with E-state index in [1.165, 1.54) is 0 Å². The van der Waals surface area contributed by atoms with Crippen LogP contribution in [0, 0.1) is 5.92 Å². The van der Waals surface area contributed by atoms with Gasteiger partial charge >= 0.3 is 13.2 Å². The first kappa shape index (κ1) is 22.9. The van der Waals surface area contributed by atoms with E-state index >= 15 is 0 Å². The van der Waals surface area contributed by atoms with Crippen molar-refractivity contribution in [3.05, 3.63) is 36.2 Å². The van der Waals surface area contributed by atoms with Crippen molar-refractivity contribution in [2.45, 2.75) is 90.2 Å². The lowest BCUT2D eigenvalue weighted by atomic mass is 9.78. The molecule has 184 valence electrons. The number of aromatic amines is 1. The summed E-state index contributed by atoms with van der Waals surface area (Å²) in [6.45, 7) is 14.0. The second-order valence-electron chi connectivity index (χ2n) is 12.4. The molecule has 1 aromatic heterocycles. The van der Waals surface area contributed by atoms with E-state index in [0.717, 1.165) is 45.9 Å². The van der Waals surface area contributed by atoms with E-state index in [1.54, 1.807) is 0 Å². The second-order valence-corrected chi connectivity index (χ2v) is 12.4. The first-order valence-electron chi connectivity index (χ1n) is 12.6. The molecule has 6 rings (SSSR count). The summed E-state index contributed by atoms with van der Waals surface area (Å²) in [5, 5.41) is 2.19. The number of rotatable bonds is 2. The third-order valence-corrected chi connectivity index (χ3v) is 8.07. The van der Waals surface area contributed by atoms with Crippen molar-refractivity contribution < 1.29 is 18.8 Å². The Morgan fingerprint density at radius 2 is 1.83 bits per heavy atom. The molecule has 1 N–H and O–H groups in total. The van der Waals surface area contributed by atoms with Crippen molar-refractivity contribution >= 4 is 40.5 Å². The normalized spacial score (nSPS) is 27.0. The third kappa shape index (κ3) is 3.73. The molecule has 3 heterocycles. The number of nitrogens with one attached hydrogen (secondary N) is 1. The molecular formula is C27H34BN3O4. The van der Waals surface area contributed by atoms with Crippen LogP contribution in [0.3, 0.4) is 0 Å². The lowest BCUT2D eigenvalue weighted by molar-refractivity contribution is 0.00578. The van der Waals surface area contributed by atoms with Crippen molar-refractivity contribution in [3.8, 4) is 0 Å². The fourth-order valence-corrected chi connectivity index (χ4v) is 5.41. The molecule has 2 aliphatic heterocycles. The average Bonchev–Trinajstić information content (AvgIpc) is 3.12. The molecular weight excluding hydrogens is 441 g/mol. The fourth-order valence-electron chi connectivity index (χ4n) is 5.41. The van der Waals surface area contributed by atoms with Gasteiger partial charge in [-0.25, -0.2) is 9.78 Å². The van der Waals surface area contributed by atoms with Gasteiger partial charge in [-0.2, -0.15) is 0 Å². The molecule has 1 saturated carbocycles. The van der Waals surface area contributed by atoms with E-state index < -0.39 is 12.7 Å². The lowest BCUT2D eigenvalue weighted by Gasteiger charge is -2.32. The smallest absolute Gasteiger partial charge is 0.444 e. The summed E-state index contributed by atoms with van der Waals surface area (Å²) in [5.41, 5.74) is 1.62. The Balaban J connectivity index is 1.32. The summed E-state index contributed by atoms with van der Waals surface area (Å²) in [4.78, 5) is 23.4. The van der Waals surface area contributed by atoms with Crippen LogP contribution in [0.15, 0.2) is 30.3 Å². The zero-order valence-electron chi connectivity index (χ0n) is 21.6. The Hall–Kier alpha value is -2.58. The molecule has 1 aliphatic carbocycles. The predicted molar refractivity (Wildman–Crippen MR) is 137 cm³/mol. The number of fused-ring (bicyclic) bond motifs is 4. The molecule has 3 aromatic rings. The summed E-state index contributed by atoms with van der Waals surface area (Å²) in [6, 6.07) is 10.6. The minimum atomic E-state index is -0.520. The standard InChI is InChI=1S/C27H34BN3O4/c1-25(2,3)33-24(32)31-20-13-16(20)14-21(31)23-29-19-11-8-15-12-17(9-10-18(15)22(19)30-23)28-34-26(4,5)27(6,7)35-28/h8-12,16,20-21H,13-14H2,1-7H3,(H,29,30). The van der Waals surface area contributed by atoms with Gasteiger partial charge in [-0.05, 0) is 84.1 Å². The highest BCUT2D eigenvalue weighted by atomic mass is 16.7. The van der Waals surface area contributed by atoms with Gasteiger partial charge in [0.25, 0.3) is 0 Å². The monoisotopic (exact) mass is 475 g/mol. The highest BCUT2D eigenvalue weighted by Gasteiger charge is 2.56. The Labute approximate surface area is 206 Å². The van der Waals surface area contributed by atoms with Crippen LogP contribution in [0.5, 0.6) is 0 Å². The molecule has 7 nitrogen and oxygen atoms in total. The maximum absolute atomic E-state index is 13.0. The Bertz CT molecular complexity index is 1330. The van der Waals surface area contributed by atoms with Crippen LogP contribution in [0.2, 0.25) is 0 Å². The molecule has 35 heavy (non-hydrogen) atoms. The Morgan fingerprint density at radius 3 is 2.51 bits per heavy atom. The predicted octanol–water partition coefficient (Wildman–Crippen LogP) is 5.09.